The van der Waals surface area contributed by atoms with Crippen molar-refractivity contribution in [2.45, 2.75) is 97.3 Å². The Morgan fingerprint density at radius 1 is 0.578 bits per heavy atom. The van der Waals surface area contributed by atoms with Gasteiger partial charge in [0.15, 0.2) is 0 Å². The molecule has 10 nitrogen and oxygen atoms in total. The van der Waals surface area contributed by atoms with Crippen LogP contribution in [0.4, 0.5) is 11.4 Å². The molecule has 0 unspecified atom stereocenters. The second-order valence-electron chi connectivity index (χ2n) is 12.1. The number of nitrogens with one attached hydrogen (secondary N) is 4. The Bertz CT molecular complexity index is 1270. The van der Waals surface area contributed by atoms with Crippen LogP contribution in [0.25, 0.3) is 0 Å². The lowest BCUT2D eigenvalue weighted by molar-refractivity contribution is -0.123. The van der Waals surface area contributed by atoms with Crippen molar-refractivity contribution in [3.63, 3.8) is 0 Å². The number of benzene rings is 2. The van der Waals surface area contributed by atoms with Crippen LogP contribution in [-0.4, -0.2) is 35.1 Å². The maximum atomic E-state index is 12.5. The molecule has 0 spiro atoms. The standard InChI is InChI=1S/C35H46N6O4/c1-24(26-16-20-30(21-17-26)36-34(44)28-10-5-3-6-11-28)38-40-32(42)14-9-15-33(43)41-39-25(2)27-18-22-31(23-19-27)37-35(45)29-12-7-4-8-13-29/h16-23,28-29H,3-15H2,1-2H3,(H,36,44)(H,37,45)(H,40,42)(H,41,43). The van der Waals surface area contributed by atoms with Gasteiger partial charge in [-0.2, -0.15) is 10.2 Å². The van der Waals surface area contributed by atoms with Crippen LogP contribution in [0.1, 0.15) is 108 Å². The largest absolute Gasteiger partial charge is 0.326 e. The average molecular weight is 615 g/mol. The predicted octanol–water partition coefficient (Wildman–Crippen LogP) is 6.28. The van der Waals surface area contributed by atoms with E-state index in [0.717, 1.165) is 73.9 Å². The van der Waals surface area contributed by atoms with Gasteiger partial charge < -0.3 is 10.6 Å². The maximum absolute atomic E-state index is 12.5. The van der Waals surface area contributed by atoms with E-state index >= 15 is 0 Å². The minimum Gasteiger partial charge on any atom is -0.326 e. The SMILES string of the molecule is CC(=NNC(=O)CCCC(=O)NN=C(C)c1ccc(NC(=O)C2CCCCC2)cc1)c1ccc(NC(=O)C2CCCCC2)cc1. The molecule has 4 rings (SSSR count). The molecule has 45 heavy (non-hydrogen) atoms. The highest BCUT2D eigenvalue weighted by atomic mass is 16.2. The summed E-state index contributed by atoms with van der Waals surface area (Å²) in [7, 11) is 0. The number of hydrogen-bond acceptors (Lipinski definition) is 6. The van der Waals surface area contributed by atoms with Gasteiger partial charge in [-0.3, -0.25) is 19.2 Å². The summed E-state index contributed by atoms with van der Waals surface area (Å²) in [5.41, 5.74) is 9.52. The molecule has 2 saturated carbocycles. The fourth-order valence-corrected chi connectivity index (χ4v) is 5.75. The minimum atomic E-state index is -0.283. The lowest BCUT2D eigenvalue weighted by Crippen LogP contribution is -2.24. The molecule has 2 aliphatic carbocycles. The van der Waals surface area contributed by atoms with E-state index in [1.165, 1.54) is 12.8 Å². The van der Waals surface area contributed by atoms with Crippen LogP contribution in [0.15, 0.2) is 58.7 Å². The van der Waals surface area contributed by atoms with Crippen LogP contribution >= 0.6 is 0 Å². The van der Waals surface area contributed by atoms with Gasteiger partial charge in [-0.1, -0.05) is 62.8 Å². The Morgan fingerprint density at radius 3 is 1.29 bits per heavy atom. The monoisotopic (exact) mass is 614 g/mol. The summed E-state index contributed by atoms with van der Waals surface area (Å²) in [6, 6.07) is 14.8. The fraction of sp³-hybridized carbons (Fsp3) is 0.486. The lowest BCUT2D eigenvalue weighted by atomic mass is 9.88. The Hall–Kier alpha value is -4.34. The van der Waals surface area contributed by atoms with Gasteiger partial charge in [-0.25, -0.2) is 10.9 Å². The molecule has 2 fully saturated rings. The van der Waals surface area contributed by atoms with Crippen molar-refractivity contribution in [3.8, 4) is 0 Å². The van der Waals surface area contributed by atoms with E-state index in [9.17, 15) is 19.2 Å². The average Bonchev–Trinajstić information content (AvgIpc) is 3.07. The van der Waals surface area contributed by atoms with Gasteiger partial charge in [0.2, 0.25) is 23.6 Å². The normalized spacial score (nSPS) is 16.5. The Labute approximate surface area is 265 Å². The molecule has 2 aliphatic rings. The van der Waals surface area contributed by atoms with Gasteiger partial charge in [-0.05, 0) is 81.3 Å². The third kappa shape index (κ3) is 11.0. The van der Waals surface area contributed by atoms with Crippen LogP contribution in [0.3, 0.4) is 0 Å². The predicted molar refractivity (Wildman–Crippen MR) is 178 cm³/mol. The number of anilines is 2. The van der Waals surface area contributed by atoms with Crippen molar-refractivity contribution >= 4 is 46.4 Å². The van der Waals surface area contributed by atoms with Crippen molar-refractivity contribution in [2.75, 3.05) is 10.6 Å². The van der Waals surface area contributed by atoms with E-state index in [1.807, 2.05) is 48.5 Å². The molecule has 4 amide bonds. The summed E-state index contributed by atoms with van der Waals surface area (Å²) < 4.78 is 0. The summed E-state index contributed by atoms with van der Waals surface area (Å²) in [4.78, 5) is 49.5. The first-order valence-electron chi connectivity index (χ1n) is 16.3. The first-order chi connectivity index (χ1) is 21.8. The van der Waals surface area contributed by atoms with Crippen molar-refractivity contribution in [1.29, 1.82) is 0 Å². The molecular weight excluding hydrogens is 568 g/mol. The van der Waals surface area contributed by atoms with Crippen LogP contribution < -0.4 is 21.5 Å². The van der Waals surface area contributed by atoms with Gasteiger partial charge in [0.25, 0.3) is 0 Å². The van der Waals surface area contributed by atoms with E-state index < -0.39 is 0 Å². The minimum absolute atomic E-state index is 0.0813. The summed E-state index contributed by atoms with van der Waals surface area (Å²) in [5.74, 6) is -0.217. The van der Waals surface area contributed by atoms with Gasteiger partial charge in [0, 0.05) is 36.1 Å². The molecular formula is C35H46N6O4. The number of hydrazone groups is 2. The summed E-state index contributed by atoms with van der Waals surface area (Å²) >= 11 is 0. The number of carbonyl (C=O) groups is 4. The molecule has 2 aromatic carbocycles. The summed E-state index contributed by atoms with van der Waals surface area (Å²) in [5, 5.41) is 14.4. The maximum Gasteiger partial charge on any atom is 0.240 e. The van der Waals surface area contributed by atoms with E-state index in [1.54, 1.807) is 13.8 Å². The molecule has 2 aromatic rings. The summed E-state index contributed by atoms with van der Waals surface area (Å²) in [6.45, 7) is 3.59. The van der Waals surface area contributed by atoms with Crippen molar-refractivity contribution in [1.82, 2.24) is 10.9 Å². The second-order valence-corrected chi connectivity index (χ2v) is 12.1. The molecule has 0 heterocycles. The highest BCUT2D eigenvalue weighted by molar-refractivity contribution is 6.01. The lowest BCUT2D eigenvalue weighted by Gasteiger charge is -2.20. The Kier molecular flexibility index (Phi) is 12.8. The van der Waals surface area contributed by atoms with Crippen LogP contribution in [0.2, 0.25) is 0 Å². The molecule has 240 valence electrons. The molecule has 0 bridgehead atoms. The molecule has 4 N–H and O–H groups in total. The highest BCUT2D eigenvalue weighted by Crippen LogP contribution is 2.26. The molecule has 0 saturated heterocycles. The van der Waals surface area contributed by atoms with Crippen LogP contribution in [0, 0.1) is 11.8 Å². The first kappa shape index (κ1) is 33.6. The van der Waals surface area contributed by atoms with E-state index in [-0.39, 0.29) is 48.3 Å². The van der Waals surface area contributed by atoms with Gasteiger partial charge in [0.1, 0.15) is 0 Å². The first-order valence-corrected chi connectivity index (χ1v) is 16.3. The van der Waals surface area contributed by atoms with E-state index in [0.29, 0.717) is 17.8 Å². The number of hydrogen-bond donors (Lipinski definition) is 4. The van der Waals surface area contributed by atoms with Crippen molar-refractivity contribution < 1.29 is 19.2 Å². The van der Waals surface area contributed by atoms with Crippen molar-refractivity contribution in [3.05, 3.63) is 59.7 Å². The number of amides is 4. The second kappa shape index (κ2) is 17.2. The van der Waals surface area contributed by atoms with Crippen LogP contribution in [-0.2, 0) is 19.2 Å². The fourth-order valence-electron chi connectivity index (χ4n) is 5.75. The number of nitrogens with zero attached hydrogens (tertiary/aromatic N) is 2. The summed E-state index contributed by atoms with van der Waals surface area (Å²) in [6.07, 6.45) is 11.3. The zero-order valence-electron chi connectivity index (χ0n) is 26.5. The van der Waals surface area contributed by atoms with Gasteiger partial charge >= 0.3 is 0 Å². The zero-order chi connectivity index (χ0) is 32.0. The Morgan fingerprint density at radius 2 is 0.933 bits per heavy atom. The highest BCUT2D eigenvalue weighted by Gasteiger charge is 2.22. The molecule has 0 aliphatic heterocycles. The van der Waals surface area contributed by atoms with Crippen molar-refractivity contribution in [2.24, 2.45) is 22.0 Å². The zero-order valence-corrected chi connectivity index (χ0v) is 26.5. The third-order valence-electron chi connectivity index (χ3n) is 8.60. The molecule has 0 radical (unpaired) electrons. The van der Waals surface area contributed by atoms with Gasteiger partial charge in [0.05, 0.1) is 11.4 Å². The third-order valence-corrected chi connectivity index (χ3v) is 8.60. The molecule has 10 heteroatoms. The topological polar surface area (TPSA) is 141 Å². The molecule has 0 atom stereocenters. The quantitative estimate of drug-likeness (QED) is 0.165. The smallest absolute Gasteiger partial charge is 0.240 e. The molecule has 0 aromatic heterocycles. The van der Waals surface area contributed by atoms with E-state index in [2.05, 4.69) is 31.7 Å². The van der Waals surface area contributed by atoms with E-state index in [4.69, 9.17) is 0 Å². The van der Waals surface area contributed by atoms with Crippen LogP contribution in [0.5, 0.6) is 0 Å². The Balaban J connectivity index is 1.13. The number of rotatable bonds is 12. The van der Waals surface area contributed by atoms with Gasteiger partial charge in [-0.15, -0.1) is 0 Å². The number of carbonyl (C=O) groups excluding carboxylic acids is 4.